The number of hydrogen-bond acceptors (Lipinski definition) is 7. The van der Waals surface area contributed by atoms with Crippen LogP contribution in [0.3, 0.4) is 0 Å². The number of amides is 1. The van der Waals surface area contributed by atoms with Gasteiger partial charge in [0.05, 0.1) is 37.1 Å². The highest BCUT2D eigenvalue weighted by Crippen LogP contribution is 2.24. The van der Waals surface area contributed by atoms with E-state index in [0.29, 0.717) is 37.4 Å². The predicted octanol–water partition coefficient (Wildman–Crippen LogP) is 3.21. The summed E-state index contributed by atoms with van der Waals surface area (Å²) in [5, 5.41) is 7.60. The fourth-order valence-electron chi connectivity index (χ4n) is 3.14. The maximum absolute atomic E-state index is 12.1. The highest BCUT2D eigenvalue weighted by Gasteiger charge is 2.28. The molecule has 2 aromatic heterocycles. The average molecular weight is 385 g/mol. The van der Waals surface area contributed by atoms with E-state index in [1.807, 2.05) is 26.8 Å². The molecule has 150 valence electrons. The second kappa shape index (κ2) is 9.43. The molecule has 0 aromatic carbocycles. The number of piperidine rings is 1. The smallest absolute Gasteiger partial charge is 0.409 e. The van der Waals surface area contributed by atoms with Gasteiger partial charge in [-0.15, -0.1) is 0 Å². The van der Waals surface area contributed by atoms with Crippen LogP contribution in [0.25, 0.3) is 11.3 Å². The first-order chi connectivity index (χ1) is 13.5. The van der Waals surface area contributed by atoms with Crippen LogP contribution < -0.4 is 4.74 Å². The maximum atomic E-state index is 12.1. The third kappa shape index (κ3) is 5.37. The van der Waals surface area contributed by atoms with Crippen molar-refractivity contribution in [2.24, 2.45) is 11.8 Å². The third-order valence-corrected chi connectivity index (χ3v) is 4.82. The van der Waals surface area contributed by atoms with E-state index in [2.05, 4.69) is 20.2 Å². The van der Waals surface area contributed by atoms with Crippen molar-refractivity contribution in [2.75, 3.05) is 19.7 Å². The van der Waals surface area contributed by atoms with Crippen molar-refractivity contribution < 1.29 is 14.3 Å². The second-order valence-electron chi connectivity index (χ2n) is 7.49. The van der Waals surface area contributed by atoms with E-state index in [4.69, 9.17) is 9.47 Å². The standard InChI is InChI=1S/C20H27N5O3/c1-14(2)13-27-20(26)25-8-5-16(6-9-25)15(3)28-19-12-21-18(11-22-19)17-4-7-23-24-10-17/h4,7,10-12,14-16H,5-6,8-9,13H2,1-3H3/t15-/m0/s1. The van der Waals surface area contributed by atoms with E-state index in [-0.39, 0.29) is 12.2 Å². The number of carbonyl (C=O) groups excluding carboxylic acids is 1. The number of likely N-dealkylation sites (tertiary alicyclic amines) is 1. The largest absolute Gasteiger partial charge is 0.473 e. The normalized spacial score (nSPS) is 16.1. The van der Waals surface area contributed by atoms with Crippen LogP contribution in [0.2, 0.25) is 0 Å². The number of hydrogen-bond donors (Lipinski definition) is 0. The molecule has 0 aliphatic carbocycles. The van der Waals surface area contributed by atoms with Crippen LogP contribution in [-0.4, -0.2) is 57.0 Å². The molecule has 3 heterocycles. The lowest BCUT2D eigenvalue weighted by atomic mass is 9.92. The van der Waals surface area contributed by atoms with Gasteiger partial charge in [-0.2, -0.15) is 10.2 Å². The van der Waals surface area contributed by atoms with Crippen LogP contribution in [-0.2, 0) is 4.74 Å². The zero-order valence-corrected chi connectivity index (χ0v) is 16.6. The van der Waals surface area contributed by atoms with Crippen molar-refractivity contribution in [1.82, 2.24) is 25.1 Å². The molecule has 8 nitrogen and oxygen atoms in total. The molecule has 0 radical (unpaired) electrons. The average Bonchev–Trinajstić information content (AvgIpc) is 2.73. The Bertz CT molecular complexity index is 746. The SMILES string of the molecule is CC(C)COC(=O)N1CCC([C@H](C)Oc2cnc(-c3ccnnc3)cn2)CC1. The van der Waals surface area contributed by atoms with Gasteiger partial charge in [-0.05, 0) is 37.7 Å². The van der Waals surface area contributed by atoms with E-state index in [1.54, 1.807) is 29.7 Å². The highest BCUT2D eigenvalue weighted by molar-refractivity contribution is 5.67. The van der Waals surface area contributed by atoms with Crippen LogP contribution in [0.15, 0.2) is 30.9 Å². The lowest BCUT2D eigenvalue weighted by Gasteiger charge is -2.34. The number of ether oxygens (including phenoxy) is 2. The Hall–Kier alpha value is -2.77. The molecular weight excluding hydrogens is 358 g/mol. The molecular formula is C20H27N5O3. The zero-order valence-electron chi connectivity index (χ0n) is 16.6. The Labute approximate surface area is 165 Å². The van der Waals surface area contributed by atoms with E-state index in [1.165, 1.54) is 0 Å². The molecule has 28 heavy (non-hydrogen) atoms. The van der Waals surface area contributed by atoms with Gasteiger partial charge in [-0.3, -0.25) is 0 Å². The highest BCUT2D eigenvalue weighted by atomic mass is 16.6. The summed E-state index contributed by atoms with van der Waals surface area (Å²) < 4.78 is 11.3. The van der Waals surface area contributed by atoms with Gasteiger partial charge in [0.1, 0.15) is 6.10 Å². The number of rotatable bonds is 6. The molecule has 0 bridgehead atoms. The summed E-state index contributed by atoms with van der Waals surface area (Å²) in [5.74, 6) is 1.20. The van der Waals surface area contributed by atoms with Crippen molar-refractivity contribution in [3.8, 4) is 17.1 Å². The molecule has 1 atom stereocenters. The van der Waals surface area contributed by atoms with Gasteiger partial charge in [-0.25, -0.2) is 14.8 Å². The minimum atomic E-state index is -0.215. The van der Waals surface area contributed by atoms with Crippen molar-refractivity contribution in [3.05, 3.63) is 30.9 Å². The van der Waals surface area contributed by atoms with Crippen molar-refractivity contribution in [1.29, 1.82) is 0 Å². The van der Waals surface area contributed by atoms with Gasteiger partial charge in [0, 0.05) is 18.7 Å². The monoisotopic (exact) mass is 385 g/mol. The van der Waals surface area contributed by atoms with Crippen LogP contribution in [0.5, 0.6) is 5.88 Å². The van der Waals surface area contributed by atoms with Crippen molar-refractivity contribution in [2.45, 2.75) is 39.7 Å². The van der Waals surface area contributed by atoms with Crippen LogP contribution in [0.1, 0.15) is 33.6 Å². The molecule has 0 unspecified atom stereocenters. The molecule has 1 amide bonds. The zero-order chi connectivity index (χ0) is 19.9. The van der Waals surface area contributed by atoms with E-state index in [9.17, 15) is 4.79 Å². The molecule has 1 aliphatic rings. The van der Waals surface area contributed by atoms with Gasteiger partial charge in [0.25, 0.3) is 0 Å². The molecule has 0 spiro atoms. The summed E-state index contributed by atoms with van der Waals surface area (Å²) in [6.45, 7) is 7.94. The molecule has 1 saturated heterocycles. The quantitative estimate of drug-likeness (QED) is 0.754. The first kappa shape index (κ1) is 20.0. The van der Waals surface area contributed by atoms with Crippen molar-refractivity contribution >= 4 is 6.09 Å². The lowest BCUT2D eigenvalue weighted by molar-refractivity contribution is 0.0575. The molecule has 3 rings (SSSR count). The minimum Gasteiger partial charge on any atom is -0.473 e. The van der Waals surface area contributed by atoms with Crippen LogP contribution in [0.4, 0.5) is 4.79 Å². The Kier molecular flexibility index (Phi) is 6.73. The first-order valence-corrected chi connectivity index (χ1v) is 9.70. The molecule has 1 aliphatic heterocycles. The molecule has 8 heteroatoms. The van der Waals surface area contributed by atoms with Crippen molar-refractivity contribution in [3.63, 3.8) is 0 Å². The van der Waals surface area contributed by atoms with Crippen LogP contribution in [0, 0.1) is 11.8 Å². The van der Waals surface area contributed by atoms with Gasteiger partial charge < -0.3 is 14.4 Å². The Morgan fingerprint density at radius 3 is 2.54 bits per heavy atom. The summed E-state index contributed by atoms with van der Waals surface area (Å²) in [5.41, 5.74) is 1.59. The Balaban J connectivity index is 1.48. The summed E-state index contributed by atoms with van der Waals surface area (Å²) in [6.07, 6.45) is 8.11. The fraction of sp³-hybridized carbons (Fsp3) is 0.550. The molecule has 1 fully saturated rings. The number of aromatic nitrogens is 4. The Morgan fingerprint density at radius 1 is 1.14 bits per heavy atom. The Morgan fingerprint density at radius 2 is 1.93 bits per heavy atom. The maximum Gasteiger partial charge on any atom is 0.409 e. The van der Waals surface area contributed by atoms with Crippen LogP contribution >= 0.6 is 0 Å². The topological polar surface area (TPSA) is 90.3 Å². The number of nitrogens with zero attached hydrogens (tertiary/aromatic N) is 5. The van der Waals surface area contributed by atoms with Gasteiger partial charge in [0.2, 0.25) is 5.88 Å². The van der Waals surface area contributed by atoms with E-state index in [0.717, 1.165) is 24.1 Å². The van der Waals surface area contributed by atoms with Gasteiger partial charge >= 0.3 is 6.09 Å². The number of carbonyl (C=O) groups is 1. The second-order valence-corrected chi connectivity index (χ2v) is 7.49. The van der Waals surface area contributed by atoms with Gasteiger partial charge in [0.15, 0.2) is 0 Å². The molecule has 2 aromatic rings. The molecule has 0 N–H and O–H groups in total. The van der Waals surface area contributed by atoms with E-state index < -0.39 is 0 Å². The summed E-state index contributed by atoms with van der Waals surface area (Å²) in [4.78, 5) is 22.6. The fourth-order valence-corrected chi connectivity index (χ4v) is 3.14. The minimum absolute atomic E-state index is 0.00317. The van der Waals surface area contributed by atoms with Gasteiger partial charge in [-0.1, -0.05) is 13.8 Å². The lowest BCUT2D eigenvalue weighted by Crippen LogP contribution is -2.42. The summed E-state index contributed by atoms with van der Waals surface area (Å²) >= 11 is 0. The predicted molar refractivity (Wildman–Crippen MR) is 104 cm³/mol. The third-order valence-electron chi connectivity index (χ3n) is 4.82. The van der Waals surface area contributed by atoms with E-state index >= 15 is 0 Å². The summed E-state index contributed by atoms with van der Waals surface area (Å²) in [6, 6.07) is 1.83. The molecule has 0 saturated carbocycles. The summed E-state index contributed by atoms with van der Waals surface area (Å²) in [7, 11) is 0. The first-order valence-electron chi connectivity index (χ1n) is 9.70.